The Morgan fingerprint density at radius 2 is 2.00 bits per heavy atom. The normalized spacial score (nSPS) is 10.7. The van der Waals surface area contributed by atoms with Gasteiger partial charge in [0.05, 0.1) is 5.52 Å². The lowest BCUT2D eigenvalue weighted by Gasteiger charge is -2.14. The van der Waals surface area contributed by atoms with Crippen molar-refractivity contribution in [2.75, 3.05) is 14.1 Å². The van der Waals surface area contributed by atoms with E-state index in [9.17, 15) is 0 Å². The molecule has 0 fully saturated rings. The van der Waals surface area contributed by atoms with Gasteiger partial charge in [-0.1, -0.05) is 30.4 Å². The molecular weight excluding hydrogens is 236 g/mol. The average molecular weight is 250 g/mol. The zero-order valence-electron chi connectivity index (χ0n) is 9.60. The Bertz CT molecular complexity index is 529. The summed E-state index contributed by atoms with van der Waals surface area (Å²) in [6, 6.07) is 10.5. The zero-order chi connectivity index (χ0) is 11.7. The van der Waals surface area contributed by atoms with Gasteiger partial charge in [0.1, 0.15) is 0 Å². The number of thiocarbonyl (C=S) groups is 1. The molecule has 0 bridgehead atoms. The van der Waals surface area contributed by atoms with Gasteiger partial charge < -0.3 is 4.90 Å². The van der Waals surface area contributed by atoms with E-state index in [1.165, 1.54) is 16.6 Å². The van der Waals surface area contributed by atoms with Crippen LogP contribution in [0.4, 0.5) is 0 Å². The van der Waals surface area contributed by atoms with Gasteiger partial charge in [0.2, 0.25) is 0 Å². The van der Waals surface area contributed by atoms with Crippen molar-refractivity contribution in [1.29, 1.82) is 0 Å². The van der Waals surface area contributed by atoms with Crippen molar-refractivity contribution in [1.82, 2.24) is 8.87 Å². The molecule has 0 aliphatic rings. The molecular formula is C12H14N2S2. The quantitative estimate of drug-likeness (QED) is 0.718. The lowest BCUT2D eigenvalue weighted by molar-refractivity contribution is 0.647. The lowest BCUT2D eigenvalue weighted by atomic mass is 10.2. The van der Waals surface area contributed by atoms with Crippen molar-refractivity contribution in [3.63, 3.8) is 0 Å². The molecule has 0 atom stereocenters. The fourth-order valence-electron chi connectivity index (χ4n) is 1.55. The van der Waals surface area contributed by atoms with E-state index in [-0.39, 0.29) is 0 Å². The summed E-state index contributed by atoms with van der Waals surface area (Å²) in [7, 11) is 3.94. The summed E-state index contributed by atoms with van der Waals surface area (Å²) in [6.45, 7) is 2.10. The molecule has 84 valence electrons. The molecule has 0 unspecified atom stereocenters. The SMILES string of the molecule is Cc1cc2ccccc2n1SC(=S)N(C)C. The largest absolute Gasteiger partial charge is 0.362 e. The molecule has 0 saturated heterocycles. The Morgan fingerprint density at radius 3 is 2.69 bits per heavy atom. The van der Waals surface area contributed by atoms with Gasteiger partial charge in [-0.15, -0.1) is 0 Å². The van der Waals surface area contributed by atoms with Crippen LogP contribution in [0.2, 0.25) is 0 Å². The predicted octanol–water partition coefficient (Wildman–Crippen LogP) is 3.29. The standard InChI is InChI=1S/C12H14N2S2/c1-9-8-10-6-4-5-7-11(10)14(9)16-12(15)13(2)3/h4-8H,1-3H3. The van der Waals surface area contributed by atoms with E-state index in [1.807, 2.05) is 19.0 Å². The highest BCUT2D eigenvalue weighted by molar-refractivity contribution is 8.22. The minimum Gasteiger partial charge on any atom is -0.362 e. The summed E-state index contributed by atoms with van der Waals surface area (Å²) >= 11 is 6.91. The third-order valence-electron chi connectivity index (χ3n) is 2.37. The maximum Gasteiger partial charge on any atom is 0.156 e. The summed E-state index contributed by atoms with van der Waals surface area (Å²) in [4.78, 5) is 1.95. The van der Waals surface area contributed by atoms with Crippen molar-refractivity contribution in [3.8, 4) is 0 Å². The minimum atomic E-state index is 0.865. The smallest absolute Gasteiger partial charge is 0.156 e. The Labute approximate surface area is 105 Å². The number of aromatic nitrogens is 1. The Hall–Kier alpha value is -1.00. The Kier molecular flexibility index (Phi) is 3.21. The monoisotopic (exact) mass is 250 g/mol. The third-order valence-corrected chi connectivity index (χ3v) is 4.15. The highest BCUT2D eigenvalue weighted by Crippen LogP contribution is 2.25. The van der Waals surface area contributed by atoms with Gasteiger partial charge in [-0.3, -0.25) is 3.97 Å². The molecule has 1 aromatic carbocycles. The number of benzene rings is 1. The van der Waals surface area contributed by atoms with Crippen LogP contribution in [0.15, 0.2) is 30.3 Å². The second-order valence-corrected chi connectivity index (χ2v) is 5.47. The number of fused-ring (bicyclic) bond motifs is 1. The first-order chi connectivity index (χ1) is 7.59. The topological polar surface area (TPSA) is 8.17 Å². The molecule has 2 rings (SSSR count). The van der Waals surface area contributed by atoms with Crippen LogP contribution >= 0.6 is 24.2 Å². The highest BCUT2D eigenvalue weighted by Gasteiger charge is 2.08. The van der Waals surface area contributed by atoms with Crippen molar-refractivity contribution >= 4 is 39.4 Å². The first-order valence-corrected chi connectivity index (χ1v) is 6.24. The van der Waals surface area contributed by atoms with E-state index < -0.39 is 0 Å². The van der Waals surface area contributed by atoms with Crippen molar-refractivity contribution in [2.45, 2.75) is 6.92 Å². The number of rotatable bonds is 1. The Morgan fingerprint density at radius 1 is 1.31 bits per heavy atom. The van der Waals surface area contributed by atoms with Gasteiger partial charge in [0.25, 0.3) is 0 Å². The summed E-state index contributed by atoms with van der Waals surface area (Å²) < 4.78 is 3.04. The summed E-state index contributed by atoms with van der Waals surface area (Å²) in [5.74, 6) is 0. The van der Waals surface area contributed by atoms with E-state index in [0.29, 0.717) is 0 Å². The molecule has 2 aromatic rings. The molecule has 0 amide bonds. The molecule has 1 heterocycles. The van der Waals surface area contributed by atoms with Gasteiger partial charge in [-0.2, -0.15) is 0 Å². The second-order valence-electron chi connectivity index (χ2n) is 3.89. The molecule has 0 radical (unpaired) electrons. The van der Waals surface area contributed by atoms with Crippen molar-refractivity contribution < 1.29 is 0 Å². The first kappa shape index (κ1) is 11.5. The second kappa shape index (κ2) is 4.47. The van der Waals surface area contributed by atoms with Crippen LogP contribution in [-0.4, -0.2) is 27.3 Å². The molecule has 0 aliphatic carbocycles. The molecule has 0 N–H and O–H groups in total. The maximum atomic E-state index is 5.32. The predicted molar refractivity (Wildman–Crippen MR) is 75.9 cm³/mol. The lowest BCUT2D eigenvalue weighted by Crippen LogP contribution is -2.17. The number of nitrogens with zero attached hydrogens (tertiary/aromatic N) is 2. The fourth-order valence-corrected chi connectivity index (χ4v) is 2.55. The van der Waals surface area contributed by atoms with Crippen LogP contribution in [-0.2, 0) is 0 Å². The highest BCUT2D eigenvalue weighted by atomic mass is 32.2. The van der Waals surface area contributed by atoms with Crippen LogP contribution in [0, 0.1) is 6.92 Å². The van der Waals surface area contributed by atoms with E-state index >= 15 is 0 Å². The molecule has 4 heteroatoms. The molecule has 0 aliphatic heterocycles. The van der Waals surface area contributed by atoms with Crippen molar-refractivity contribution in [3.05, 3.63) is 36.0 Å². The van der Waals surface area contributed by atoms with Crippen LogP contribution < -0.4 is 0 Å². The summed E-state index contributed by atoms with van der Waals surface area (Å²) in [6.07, 6.45) is 0. The van der Waals surface area contributed by atoms with Gasteiger partial charge in [0.15, 0.2) is 4.32 Å². The van der Waals surface area contributed by atoms with Gasteiger partial charge in [-0.05, 0) is 19.1 Å². The van der Waals surface area contributed by atoms with Crippen LogP contribution in [0.1, 0.15) is 5.69 Å². The first-order valence-electron chi connectivity index (χ1n) is 5.06. The van der Waals surface area contributed by atoms with E-state index in [4.69, 9.17) is 12.2 Å². The maximum absolute atomic E-state index is 5.32. The molecule has 0 spiro atoms. The minimum absolute atomic E-state index is 0.865. The van der Waals surface area contributed by atoms with Crippen LogP contribution in [0.3, 0.4) is 0 Å². The zero-order valence-corrected chi connectivity index (χ0v) is 11.2. The molecule has 16 heavy (non-hydrogen) atoms. The summed E-state index contributed by atoms with van der Waals surface area (Å²) in [5, 5.41) is 1.26. The van der Waals surface area contributed by atoms with Gasteiger partial charge in [-0.25, -0.2) is 0 Å². The number of aryl methyl sites for hydroxylation is 1. The number of hydrogen-bond acceptors (Lipinski definition) is 2. The summed E-state index contributed by atoms with van der Waals surface area (Å²) in [5.41, 5.74) is 2.43. The third kappa shape index (κ3) is 2.08. The van der Waals surface area contributed by atoms with E-state index in [2.05, 4.69) is 41.2 Å². The van der Waals surface area contributed by atoms with E-state index in [0.717, 1.165) is 4.32 Å². The molecule has 1 aromatic heterocycles. The Balaban J connectivity index is 2.44. The van der Waals surface area contributed by atoms with Crippen molar-refractivity contribution in [2.24, 2.45) is 0 Å². The van der Waals surface area contributed by atoms with Gasteiger partial charge in [0, 0.05) is 37.1 Å². The molecule has 0 saturated carbocycles. The van der Waals surface area contributed by atoms with E-state index in [1.54, 1.807) is 11.9 Å². The fraction of sp³-hybridized carbons (Fsp3) is 0.250. The average Bonchev–Trinajstić information content (AvgIpc) is 2.55. The number of para-hydroxylation sites is 1. The van der Waals surface area contributed by atoms with Crippen LogP contribution in [0.25, 0.3) is 10.9 Å². The van der Waals surface area contributed by atoms with Crippen LogP contribution in [0.5, 0.6) is 0 Å². The number of hydrogen-bond donors (Lipinski definition) is 0. The van der Waals surface area contributed by atoms with Gasteiger partial charge >= 0.3 is 0 Å². The molecule has 2 nitrogen and oxygen atoms in total.